The summed E-state index contributed by atoms with van der Waals surface area (Å²) in [4.78, 5) is 15.6. The Morgan fingerprint density at radius 3 is 2.89 bits per heavy atom. The van der Waals surface area contributed by atoms with Crippen LogP contribution >= 0.6 is 0 Å². The van der Waals surface area contributed by atoms with Gasteiger partial charge in [0.1, 0.15) is 11.6 Å². The number of carbonyl (C=O) groups excluding carboxylic acids is 1. The van der Waals surface area contributed by atoms with Gasteiger partial charge < -0.3 is 4.74 Å². The molecule has 19 heavy (non-hydrogen) atoms. The number of hydrogen-bond acceptors (Lipinski definition) is 4. The van der Waals surface area contributed by atoms with Gasteiger partial charge in [0.25, 0.3) is 5.91 Å². The summed E-state index contributed by atoms with van der Waals surface area (Å²) in [6, 6.07) is 7.65. The predicted octanol–water partition coefficient (Wildman–Crippen LogP) is 1.69. The molecule has 1 aromatic carbocycles. The second kappa shape index (κ2) is 5.99. The fourth-order valence-electron chi connectivity index (χ4n) is 1.64. The molecule has 0 saturated heterocycles. The molecule has 6 nitrogen and oxygen atoms in total. The summed E-state index contributed by atoms with van der Waals surface area (Å²) >= 11 is 0. The second-order valence-electron chi connectivity index (χ2n) is 4.04. The molecule has 1 amide bonds. The number of rotatable bonds is 5. The number of para-hydroxylation sites is 1. The van der Waals surface area contributed by atoms with Crippen LogP contribution in [0.2, 0.25) is 0 Å². The molecule has 2 aromatic rings. The zero-order chi connectivity index (χ0) is 13.7. The van der Waals surface area contributed by atoms with Crippen molar-refractivity contribution in [2.75, 3.05) is 11.9 Å². The summed E-state index contributed by atoms with van der Waals surface area (Å²) in [5, 5.41) is 9.02. The Kier molecular flexibility index (Phi) is 4.12. The predicted molar refractivity (Wildman–Crippen MR) is 71.1 cm³/mol. The minimum absolute atomic E-state index is 0.0649. The van der Waals surface area contributed by atoms with E-state index in [2.05, 4.69) is 20.5 Å². The van der Waals surface area contributed by atoms with Gasteiger partial charge in [0.05, 0.1) is 0 Å². The van der Waals surface area contributed by atoms with Crippen molar-refractivity contribution < 1.29 is 9.53 Å². The Hall–Kier alpha value is -2.37. The number of H-pyrrole nitrogens is 1. The molecule has 0 aliphatic heterocycles. The third-order valence-electron chi connectivity index (χ3n) is 2.56. The van der Waals surface area contributed by atoms with Crippen LogP contribution in [0.5, 0.6) is 5.75 Å². The minimum Gasteiger partial charge on any atom is -0.483 e. The Balaban J connectivity index is 1.89. The zero-order valence-electron chi connectivity index (χ0n) is 10.9. The van der Waals surface area contributed by atoms with E-state index in [1.807, 2.05) is 31.2 Å². The number of aromatic nitrogens is 3. The number of nitrogens with one attached hydrogen (secondary N) is 2. The average molecular weight is 260 g/mol. The number of amides is 1. The van der Waals surface area contributed by atoms with Crippen molar-refractivity contribution in [2.45, 2.75) is 20.3 Å². The highest BCUT2D eigenvalue weighted by molar-refractivity contribution is 5.90. The average Bonchev–Trinajstić information content (AvgIpc) is 2.82. The normalized spacial score (nSPS) is 10.2. The summed E-state index contributed by atoms with van der Waals surface area (Å²) in [6.07, 6.45) is 0.859. The molecule has 6 heteroatoms. The maximum absolute atomic E-state index is 11.7. The van der Waals surface area contributed by atoms with E-state index in [1.165, 1.54) is 0 Å². The number of aryl methyl sites for hydroxylation is 2. The number of benzene rings is 1. The fourth-order valence-corrected chi connectivity index (χ4v) is 1.64. The van der Waals surface area contributed by atoms with Crippen molar-refractivity contribution in [1.29, 1.82) is 0 Å². The first kappa shape index (κ1) is 13.1. The van der Waals surface area contributed by atoms with Gasteiger partial charge in [-0.2, -0.15) is 4.98 Å². The van der Waals surface area contributed by atoms with Crippen LogP contribution in [-0.2, 0) is 11.2 Å². The first-order valence-corrected chi connectivity index (χ1v) is 6.08. The van der Waals surface area contributed by atoms with Gasteiger partial charge >= 0.3 is 0 Å². The van der Waals surface area contributed by atoms with E-state index in [0.29, 0.717) is 5.82 Å². The van der Waals surface area contributed by atoms with E-state index >= 15 is 0 Å². The van der Waals surface area contributed by atoms with Crippen LogP contribution < -0.4 is 10.1 Å². The standard InChI is InChI=1S/C13H16N4O2/c1-3-10-6-4-5-7-11(10)19-8-12(18)15-13-14-9(2)16-17-13/h4-7H,3,8H2,1-2H3,(H2,14,15,16,17,18). The third kappa shape index (κ3) is 3.54. The van der Waals surface area contributed by atoms with E-state index in [9.17, 15) is 4.79 Å². The SMILES string of the molecule is CCc1ccccc1OCC(=O)Nc1n[nH]c(C)n1. The molecular formula is C13H16N4O2. The van der Waals surface area contributed by atoms with Crippen LogP contribution in [0.3, 0.4) is 0 Å². The van der Waals surface area contributed by atoms with Gasteiger partial charge in [0, 0.05) is 0 Å². The lowest BCUT2D eigenvalue weighted by atomic mass is 10.1. The summed E-state index contributed by atoms with van der Waals surface area (Å²) in [5.74, 6) is 1.35. The lowest BCUT2D eigenvalue weighted by Crippen LogP contribution is -2.21. The Labute approximate surface area is 111 Å². The molecule has 0 unspecified atom stereocenters. The number of carbonyl (C=O) groups is 1. The summed E-state index contributed by atoms with van der Waals surface area (Å²) < 4.78 is 5.49. The van der Waals surface area contributed by atoms with Crippen molar-refractivity contribution >= 4 is 11.9 Å². The second-order valence-corrected chi connectivity index (χ2v) is 4.04. The molecule has 100 valence electrons. The van der Waals surface area contributed by atoms with E-state index < -0.39 is 0 Å². The molecule has 0 aliphatic carbocycles. The van der Waals surface area contributed by atoms with E-state index in [1.54, 1.807) is 6.92 Å². The van der Waals surface area contributed by atoms with Crippen molar-refractivity contribution in [3.63, 3.8) is 0 Å². The Morgan fingerprint density at radius 1 is 1.42 bits per heavy atom. The highest BCUT2D eigenvalue weighted by Gasteiger charge is 2.08. The van der Waals surface area contributed by atoms with Gasteiger partial charge in [-0.1, -0.05) is 25.1 Å². The van der Waals surface area contributed by atoms with E-state index in [-0.39, 0.29) is 18.5 Å². The quantitative estimate of drug-likeness (QED) is 0.857. The summed E-state index contributed by atoms with van der Waals surface area (Å²) in [6.45, 7) is 3.74. The number of nitrogens with zero attached hydrogens (tertiary/aromatic N) is 2. The number of anilines is 1. The van der Waals surface area contributed by atoms with Crippen LogP contribution in [0.25, 0.3) is 0 Å². The molecule has 0 spiro atoms. The Bertz CT molecular complexity index is 565. The van der Waals surface area contributed by atoms with E-state index in [0.717, 1.165) is 17.7 Å². The number of hydrogen-bond donors (Lipinski definition) is 2. The van der Waals surface area contributed by atoms with Gasteiger partial charge in [0.2, 0.25) is 5.95 Å². The molecule has 2 rings (SSSR count). The van der Waals surface area contributed by atoms with Gasteiger partial charge in [-0.25, -0.2) is 0 Å². The molecule has 1 heterocycles. The van der Waals surface area contributed by atoms with E-state index in [4.69, 9.17) is 4.74 Å². The van der Waals surface area contributed by atoms with Gasteiger partial charge in [-0.3, -0.25) is 15.2 Å². The fraction of sp³-hybridized carbons (Fsp3) is 0.308. The smallest absolute Gasteiger partial charge is 0.264 e. The molecule has 1 aromatic heterocycles. The minimum atomic E-state index is -0.287. The van der Waals surface area contributed by atoms with Crippen molar-refractivity contribution in [3.05, 3.63) is 35.7 Å². The van der Waals surface area contributed by atoms with Crippen LogP contribution in [0.15, 0.2) is 24.3 Å². The summed E-state index contributed by atoms with van der Waals surface area (Å²) in [7, 11) is 0. The van der Waals surface area contributed by atoms with Gasteiger partial charge in [0.15, 0.2) is 6.61 Å². The van der Waals surface area contributed by atoms with Gasteiger partial charge in [-0.15, -0.1) is 5.10 Å². The van der Waals surface area contributed by atoms with Crippen LogP contribution in [0.1, 0.15) is 18.3 Å². The maximum atomic E-state index is 11.7. The molecule has 0 saturated carbocycles. The van der Waals surface area contributed by atoms with Crippen LogP contribution in [-0.4, -0.2) is 27.7 Å². The lowest BCUT2D eigenvalue weighted by Gasteiger charge is -2.09. The first-order valence-electron chi connectivity index (χ1n) is 6.08. The van der Waals surface area contributed by atoms with Gasteiger partial charge in [-0.05, 0) is 25.0 Å². The molecule has 0 aliphatic rings. The molecule has 0 fully saturated rings. The monoisotopic (exact) mass is 260 g/mol. The molecular weight excluding hydrogens is 244 g/mol. The molecule has 2 N–H and O–H groups in total. The summed E-state index contributed by atoms with van der Waals surface area (Å²) in [5.41, 5.74) is 1.07. The Morgan fingerprint density at radius 2 is 2.21 bits per heavy atom. The van der Waals surface area contributed by atoms with Crippen molar-refractivity contribution in [3.8, 4) is 5.75 Å². The number of ether oxygens (including phenoxy) is 1. The van der Waals surface area contributed by atoms with Crippen molar-refractivity contribution in [2.24, 2.45) is 0 Å². The topological polar surface area (TPSA) is 79.9 Å². The zero-order valence-corrected chi connectivity index (χ0v) is 10.9. The molecule has 0 atom stereocenters. The molecule has 0 radical (unpaired) electrons. The van der Waals surface area contributed by atoms with Crippen LogP contribution in [0.4, 0.5) is 5.95 Å². The lowest BCUT2D eigenvalue weighted by molar-refractivity contribution is -0.118. The molecule has 0 bridgehead atoms. The largest absolute Gasteiger partial charge is 0.483 e. The number of aromatic amines is 1. The maximum Gasteiger partial charge on any atom is 0.264 e. The third-order valence-corrected chi connectivity index (χ3v) is 2.56. The van der Waals surface area contributed by atoms with Crippen LogP contribution in [0, 0.1) is 6.92 Å². The first-order chi connectivity index (χ1) is 9.19. The van der Waals surface area contributed by atoms with Crippen molar-refractivity contribution in [1.82, 2.24) is 15.2 Å². The highest BCUT2D eigenvalue weighted by Crippen LogP contribution is 2.18. The highest BCUT2D eigenvalue weighted by atomic mass is 16.5.